The first kappa shape index (κ1) is 13.7. The summed E-state index contributed by atoms with van der Waals surface area (Å²) in [6, 6.07) is 0. The van der Waals surface area contributed by atoms with E-state index in [1.807, 2.05) is 32.6 Å². The van der Waals surface area contributed by atoms with Crippen molar-refractivity contribution in [2.24, 2.45) is 13.0 Å². The monoisotopic (exact) mass is 237 g/mol. The lowest BCUT2D eigenvalue weighted by atomic mass is 10.1. The van der Waals surface area contributed by atoms with Crippen LogP contribution in [-0.4, -0.2) is 34.2 Å². The van der Waals surface area contributed by atoms with Crippen LogP contribution in [0.5, 0.6) is 0 Å². The van der Waals surface area contributed by atoms with Crippen LogP contribution in [0.3, 0.4) is 0 Å². The number of rotatable bonds is 4. The highest BCUT2D eigenvalue weighted by Crippen LogP contribution is 2.13. The zero-order valence-electron chi connectivity index (χ0n) is 11.7. The lowest BCUT2D eigenvalue weighted by molar-refractivity contribution is -0.129. The Balaban J connectivity index is 2.74. The highest BCUT2D eigenvalue weighted by molar-refractivity contribution is 5.79. The van der Waals surface area contributed by atoms with Crippen molar-refractivity contribution in [3.05, 3.63) is 17.0 Å². The molecular weight excluding hydrogens is 214 g/mol. The van der Waals surface area contributed by atoms with Crippen molar-refractivity contribution in [1.82, 2.24) is 14.7 Å². The second-order valence-corrected chi connectivity index (χ2v) is 5.12. The maximum absolute atomic E-state index is 12.1. The number of likely N-dealkylation sites (N-methyl/N-ethyl adjacent to an activating group) is 1. The summed E-state index contributed by atoms with van der Waals surface area (Å²) in [7, 11) is 3.78. The highest BCUT2D eigenvalue weighted by atomic mass is 16.2. The number of amides is 1. The molecule has 0 aliphatic carbocycles. The van der Waals surface area contributed by atoms with Crippen LogP contribution in [0, 0.1) is 19.8 Å². The van der Waals surface area contributed by atoms with Gasteiger partial charge in [-0.2, -0.15) is 5.10 Å². The number of aryl methyl sites for hydroxylation is 2. The second-order valence-electron chi connectivity index (χ2n) is 5.12. The van der Waals surface area contributed by atoms with Gasteiger partial charge in [0.15, 0.2) is 0 Å². The molecule has 0 unspecified atom stereocenters. The Morgan fingerprint density at radius 1 is 1.41 bits per heavy atom. The molecule has 0 fully saturated rings. The molecular formula is C13H23N3O. The van der Waals surface area contributed by atoms with Crippen LogP contribution < -0.4 is 0 Å². The fourth-order valence-corrected chi connectivity index (χ4v) is 2.01. The molecule has 1 heterocycles. The molecule has 0 aromatic carbocycles. The minimum atomic E-state index is 0.165. The number of carbonyl (C=O) groups is 1. The quantitative estimate of drug-likeness (QED) is 0.799. The van der Waals surface area contributed by atoms with Gasteiger partial charge in [0.05, 0.1) is 12.1 Å². The lowest BCUT2D eigenvalue weighted by Crippen LogP contribution is -2.31. The van der Waals surface area contributed by atoms with Crippen molar-refractivity contribution in [1.29, 1.82) is 0 Å². The van der Waals surface area contributed by atoms with Gasteiger partial charge in [0.1, 0.15) is 0 Å². The Hall–Kier alpha value is -1.32. The van der Waals surface area contributed by atoms with Crippen molar-refractivity contribution in [2.75, 3.05) is 13.6 Å². The van der Waals surface area contributed by atoms with Gasteiger partial charge in [-0.15, -0.1) is 0 Å². The number of hydrogen-bond acceptors (Lipinski definition) is 2. The van der Waals surface area contributed by atoms with Crippen molar-refractivity contribution in [3.8, 4) is 0 Å². The van der Waals surface area contributed by atoms with Gasteiger partial charge in [-0.25, -0.2) is 0 Å². The van der Waals surface area contributed by atoms with Crippen molar-refractivity contribution in [3.63, 3.8) is 0 Å². The average molecular weight is 237 g/mol. The van der Waals surface area contributed by atoms with Crippen LogP contribution in [0.15, 0.2) is 0 Å². The summed E-state index contributed by atoms with van der Waals surface area (Å²) in [6.07, 6.45) is 0.453. The third kappa shape index (κ3) is 3.32. The van der Waals surface area contributed by atoms with E-state index >= 15 is 0 Å². The fraction of sp³-hybridized carbons (Fsp3) is 0.692. The third-order valence-electron chi connectivity index (χ3n) is 3.05. The molecule has 4 nitrogen and oxygen atoms in total. The molecule has 1 aromatic heterocycles. The van der Waals surface area contributed by atoms with Crippen LogP contribution >= 0.6 is 0 Å². The van der Waals surface area contributed by atoms with E-state index in [2.05, 4.69) is 18.9 Å². The summed E-state index contributed by atoms with van der Waals surface area (Å²) < 4.78 is 1.83. The lowest BCUT2D eigenvalue weighted by Gasteiger charge is -2.19. The summed E-state index contributed by atoms with van der Waals surface area (Å²) >= 11 is 0. The van der Waals surface area contributed by atoms with Crippen LogP contribution in [0.1, 0.15) is 30.8 Å². The molecule has 1 rings (SSSR count). The summed E-state index contributed by atoms with van der Waals surface area (Å²) in [4.78, 5) is 13.9. The van der Waals surface area contributed by atoms with Gasteiger partial charge in [-0.05, 0) is 19.8 Å². The van der Waals surface area contributed by atoms with Crippen molar-refractivity contribution >= 4 is 5.91 Å². The largest absolute Gasteiger partial charge is 0.345 e. The average Bonchev–Trinajstić information content (AvgIpc) is 2.44. The molecule has 0 N–H and O–H groups in total. The Labute approximate surface area is 104 Å². The molecule has 96 valence electrons. The van der Waals surface area contributed by atoms with Crippen LogP contribution in [0.4, 0.5) is 0 Å². The molecule has 1 aromatic rings. The highest BCUT2D eigenvalue weighted by Gasteiger charge is 2.16. The fourth-order valence-electron chi connectivity index (χ4n) is 2.01. The normalized spacial score (nSPS) is 11.0. The molecule has 0 aliphatic heterocycles. The first-order valence-corrected chi connectivity index (χ1v) is 6.06. The zero-order chi connectivity index (χ0) is 13.2. The third-order valence-corrected chi connectivity index (χ3v) is 3.05. The minimum Gasteiger partial charge on any atom is -0.345 e. The van der Waals surface area contributed by atoms with Gasteiger partial charge in [-0.3, -0.25) is 9.48 Å². The first-order chi connectivity index (χ1) is 7.82. The van der Waals surface area contributed by atoms with E-state index in [-0.39, 0.29) is 5.91 Å². The summed E-state index contributed by atoms with van der Waals surface area (Å²) in [5, 5.41) is 4.33. The number of carbonyl (C=O) groups excluding carboxylic acids is 1. The van der Waals surface area contributed by atoms with E-state index < -0.39 is 0 Å². The van der Waals surface area contributed by atoms with E-state index in [0.29, 0.717) is 12.3 Å². The summed E-state index contributed by atoms with van der Waals surface area (Å²) in [5.74, 6) is 0.665. The summed E-state index contributed by atoms with van der Waals surface area (Å²) in [5.41, 5.74) is 3.10. The van der Waals surface area contributed by atoms with Crippen LogP contribution in [0.25, 0.3) is 0 Å². The maximum Gasteiger partial charge on any atom is 0.226 e. The Kier molecular flexibility index (Phi) is 4.32. The Bertz CT molecular complexity index is 407. The van der Waals surface area contributed by atoms with Crippen LogP contribution in [-0.2, 0) is 18.3 Å². The van der Waals surface area contributed by atoms with Gasteiger partial charge in [0.2, 0.25) is 5.91 Å². The smallest absolute Gasteiger partial charge is 0.226 e. The van der Waals surface area contributed by atoms with Gasteiger partial charge >= 0.3 is 0 Å². The molecule has 4 heteroatoms. The molecule has 0 spiro atoms. The van der Waals surface area contributed by atoms with Gasteiger partial charge in [0.25, 0.3) is 0 Å². The maximum atomic E-state index is 12.1. The zero-order valence-corrected chi connectivity index (χ0v) is 11.7. The van der Waals surface area contributed by atoms with E-state index in [4.69, 9.17) is 0 Å². The topological polar surface area (TPSA) is 38.1 Å². The number of nitrogens with zero attached hydrogens (tertiary/aromatic N) is 3. The predicted octanol–water partition coefficient (Wildman–Crippen LogP) is 1.69. The standard InChI is InChI=1S/C13H23N3O/c1-9(2)8-15(5)13(17)7-12-10(3)14-16(6)11(12)4/h9H,7-8H2,1-6H3. The van der Waals surface area contributed by atoms with Gasteiger partial charge in [0, 0.05) is 31.9 Å². The number of aromatic nitrogens is 2. The van der Waals surface area contributed by atoms with Gasteiger partial charge < -0.3 is 4.90 Å². The first-order valence-electron chi connectivity index (χ1n) is 6.06. The molecule has 0 bridgehead atoms. The molecule has 0 radical (unpaired) electrons. The molecule has 0 saturated heterocycles. The molecule has 0 atom stereocenters. The Morgan fingerprint density at radius 2 is 2.00 bits per heavy atom. The summed E-state index contributed by atoms with van der Waals surface area (Å²) in [6.45, 7) is 9.00. The molecule has 0 saturated carbocycles. The second kappa shape index (κ2) is 5.34. The minimum absolute atomic E-state index is 0.165. The molecule has 1 amide bonds. The van der Waals surface area contributed by atoms with Crippen LogP contribution in [0.2, 0.25) is 0 Å². The SMILES string of the molecule is Cc1nn(C)c(C)c1CC(=O)N(C)CC(C)C. The predicted molar refractivity (Wildman–Crippen MR) is 68.9 cm³/mol. The van der Waals surface area contributed by atoms with Crippen molar-refractivity contribution < 1.29 is 4.79 Å². The molecule has 0 aliphatic rings. The van der Waals surface area contributed by atoms with Gasteiger partial charge in [-0.1, -0.05) is 13.8 Å². The molecule has 17 heavy (non-hydrogen) atoms. The number of hydrogen-bond donors (Lipinski definition) is 0. The van der Waals surface area contributed by atoms with E-state index in [9.17, 15) is 4.79 Å². The Morgan fingerprint density at radius 3 is 2.41 bits per heavy atom. The van der Waals surface area contributed by atoms with Crippen molar-refractivity contribution in [2.45, 2.75) is 34.1 Å². The van der Waals surface area contributed by atoms with E-state index in [0.717, 1.165) is 23.5 Å². The van der Waals surface area contributed by atoms with E-state index in [1.165, 1.54) is 0 Å². The van der Waals surface area contributed by atoms with E-state index in [1.54, 1.807) is 4.90 Å².